The summed E-state index contributed by atoms with van der Waals surface area (Å²) in [5, 5.41) is 0. The molecule has 0 radical (unpaired) electrons. The Balaban J connectivity index is 3.01. The molecule has 106 valence electrons. The quantitative estimate of drug-likeness (QED) is 0.779. The van der Waals surface area contributed by atoms with Crippen LogP contribution in [-0.4, -0.2) is 23.9 Å². The van der Waals surface area contributed by atoms with Crippen LogP contribution >= 0.6 is 15.9 Å². The lowest BCUT2D eigenvalue weighted by Gasteiger charge is -2.27. The van der Waals surface area contributed by atoms with Crippen molar-refractivity contribution in [1.29, 1.82) is 0 Å². The SMILES string of the molecule is Cc1cccc(C(=O)N(CC(C)C)CC(C)C)c1Br. The Kier molecular flexibility index (Phi) is 6.05. The summed E-state index contributed by atoms with van der Waals surface area (Å²) in [6.45, 7) is 12.2. The number of amides is 1. The molecule has 0 atom stereocenters. The maximum Gasteiger partial charge on any atom is 0.255 e. The Bertz CT molecular complexity index is 430. The summed E-state index contributed by atoms with van der Waals surface area (Å²) in [5.74, 6) is 1.08. The summed E-state index contributed by atoms with van der Waals surface area (Å²) in [5.41, 5.74) is 1.86. The molecule has 1 amide bonds. The molecule has 0 bridgehead atoms. The third-order valence-electron chi connectivity index (χ3n) is 2.88. The second-order valence-electron chi connectivity index (χ2n) is 5.93. The van der Waals surface area contributed by atoms with E-state index in [4.69, 9.17) is 0 Å². The standard InChI is InChI=1S/C16H24BrNO/c1-11(2)9-18(10-12(3)4)16(19)14-8-6-7-13(5)15(14)17/h6-8,11-12H,9-10H2,1-5H3. The molecule has 0 fully saturated rings. The van der Waals surface area contributed by atoms with Crippen LogP contribution < -0.4 is 0 Å². The Morgan fingerprint density at radius 3 is 2.16 bits per heavy atom. The average molecular weight is 326 g/mol. The van der Waals surface area contributed by atoms with Crippen LogP contribution in [0.25, 0.3) is 0 Å². The van der Waals surface area contributed by atoms with Gasteiger partial charge < -0.3 is 4.90 Å². The Morgan fingerprint density at radius 1 is 1.16 bits per heavy atom. The van der Waals surface area contributed by atoms with E-state index in [1.54, 1.807) is 0 Å². The van der Waals surface area contributed by atoms with Crippen molar-refractivity contribution in [3.05, 3.63) is 33.8 Å². The van der Waals surface area contributed by atoms with Gasteiger partial charge in [0.25, 0.3) is 5.91 Å². The van der Waals surface area contributed by atoms with Crippen molar-refractivity contribution in [2.45, 2.75) is 34.6 Å². The van der Waals surface area contributed by atoms with E-state index in [1.807, 2.05) is 30.0 Å². The van der Waals surface area contributed by atoms with Crippen LogP contribution in [0.3, 0.4) is 0 Å². The van der Waals surface area contributed by atoms with E-state index >= 15 is 0 Å². The first-order chi connectivity index (χ1) is 8.82. The predicted molar refractivity (Wildman–Crippen MR) is 84.5 cm³/mol. The molecular formula is C16H24BrNO. The molecule has 1 aromatic rings. The number of hydrogen-bond donors (Lipinski definition) is 0. The first-order valence-electron chi connectivity index (χ1n) is 6.87. The van der Waals surface area contributed by atoms with Crippen LogP contribution in [0.15, 0.2) is 22.7 Å². The molecule has 0 unspecified atom stereocenters. The molecule has 0 aliphatic rings. The summed E-state index contributed by atoms with van der Waals surface area (Å²) < 4.78 is 0.914. The van der Waals surface area contributed by atoms with E-state index in [-0.39, 0.29) is 5.91 Å². The zero-order chi connectivity index (χ0) is 14.6. The zero-order valence-corrected chi connectivity index (χ0v) is 14.1. The number of carbonyl (C=O) groups is 1. The molecule has 3 heteroatoms. The van der Waals surface area contributed by atoms with Crippen LogP contribution in [0.4, 0.5) is 0 Å². The van der Waals surface area contributed by atoms with Crippen molar-refractivity contribution in [3.63, 3.8) is 0 Å². The molecule has 0 aliphatic carbocycles. The normalized spacial score (nSPS) is 11.2. The molecule has 2 nitrogen and oxygen atoms in total. The van der Waals surface area contributed by atoms with Crippen LogP contribution in [0, 0.1) is 18.8 Å². The molecule has 0 heterocycles. The van der Waals surface area contributed by atoms with E-state index in [1.165, 1.54) is 0 Å². The third-order valence-corrected chi connectivity index (χ3v) is 3.93. The van der Waals surface area contributed by atoms with Gasteiger partial charge in [0.05, 0.1) is 5.56 Å². The third kappa shape index (κ3) is 4.64. The minimum absolute atomic E-state index is 0.123. The first kappa shape index (κ1) is 16.2. The van der Waals surface area contributed by atoms with Crippen LogP contribution in [0.5, 0.6) is 0 Å². The predicted octanol–water partition coefficient (Wildman–Crippen LogP) is 4.51. The van der Waals surface area contributed by atoms with Crippen molar-refractivity contribution in [1.82, 2.24) is 4.90 Å². The fourth-order valence-corrected chi connectivity index (χ4v) is 2.54. The molecular weight excluding hydrogens is 302 g/mol. The summed E-state index contributed by atoms with van der Waals surface area (Å²) in [6, 6.07) is 5.85. The van der Waals surface area contributed by atoms with E-state index in [2.05, 4.69) is 43.6 Å². The van der Waals surface area contributed by atoms with E-state index in [9.17, 15) is 4.79 Å². The number of aryl methyl sites for hydroxylation is 1. The van der Waals surface area contributed by atoms with Gasteiger partial charge in [0.2, 0.25) is 0 Å². The molecule has 0 aliphatic heterocycles. The maximum absolute atomic E-state index is 12.7. The van der Waals surface area contributed by atoms with Gasteiger partial charge in [-0.25, -0.2) is 0 Å². The average Bonchev–Trinajstić information content (AvgIpc) is 2.30. The smallest absolute Gasteiger partial charge is 0.255 e. The van der Waals surface area contributed by atoms with Gasteiger partial charge in [0, 0.05) is 17.6 Å². The molecule has 1 aromatic carbocycles. The van der Waals surface area contributed by atoms with Crippen LogP contribution in [0.1, 0.15) is 43.6 Å². The monoisotopic (exact) mass is 325 g/mol. The summed E-state index contributed by atoms with van der Waals surface area (Å²) in [7, 11) is 0. The number of hydrogen-bond acceptors (Lipinski definition) is 1. The van der Waals surface area contributed by atoms with Crippen LogP contribution in [0.2, 0.25) is 0 Å². The Labute approximate surface area is 125 Å². The summed E-state index contributed by atoms with van der Waals surface area (Å²) in [6.07, 6.45) is 0. The topological polar surface area (TPSA) is 20.3 Å². The number of rotatable bonds is 5. The molecule has 0 saturated heterocycles. The van der Waals surface area contributed by atoms with Gasteiger partial charge in [-0.1, -0.05) is 39.8 Å². The van der Waals surface area contributed by atoms with Gasteiger partial charge in [0.15, 0.2) is 0 Å². The lowest BCUT2D eigenvalue weighted by molar-refractivity contribution is 0.0714. The maximum atomic E-state index is 12.7. The zero-order valence-electron chi connectivity index (χ0n) is 12.5. The lowest BCUT2D eigenvalue weighted by Crippen LogP contribution is -2.37. The molecule has 0 aromatic heterocycles. The second kappa shape index (κ2) is 7.09. The molecule has 0 spiro atoms. The molecule has 0 N–H and O–H groups in total. The number of halogens is 1. The highest BCUT2D eigenvalue weighted by Crippen LogP contribution is 2.23. The van der Waals surface area contributed by atoms with Gasteiger partial charge in [0.1, 0.15) is 0 Å². The van der Waals surface area contributed by atoms with Crippen molar-refractivity contribution in [2.75, 3.05) is 13.1 Å². The van der Waals surface area contributed by atoms with Crippen molar-refractivity contribution < 1.29 is 4.79 Å². The van der Waals surface area contributed by atoms with Gasteiger partial charge in [-0.05, 0) is 46.3 Å². The van der Waals surface area contributed by atoms with Crippen molar-refractivity contribution in [2.24, 2.45) is 11.8 Å². The highest BCUT2D eigenvalue weighted by molar-refractivity contribution is 9.10. The number of nitrogens with zero attached hydrogens (tertiary/aromatic N) is 1. The fourth-order valence-electron chi connectivity index (χ4n) is 2.10. The molecule has 1 rings (SSSR count). The molecule has 0 saturated carbocycles. The van der Waals surface area contributed by atoms with Gasteiger partial charge in [-0.2, -0.15) is 0 Å². The largest absolute Gasteiger partial charge is 0.338 e. The van der Waals surface area contributed by atoms with E-state index < -0.39 is 0 Å². The Morgan fingerprint density at radius 2 is 1.68 bits per heavy atom. The fraction of sp³-hybridized carbons (Fsp3) is 0.562. The first-order valence-corrected chi connectivity index (χ1v) is 7.66. The van der Waals surface area contributed by atoms with E-state index in [0.29, 0.717) is 11.8 Å². The van der Waals surface area contributed by atoms with Gasteiger partial charge >= 0.3 is 0 Å². The highest BCUT2D eigenvalue weighted by Gasteiger charge is 2.20. The van der Waals surface area contributed by atoms with Crippen molar-refractivity contribution >= 4 is 21.8 Å². The van der Waals surface area contributed by atoms with Gasteiger partial charge in [-0.15, -0.1) is 0 Å². The lowest BCUT2D eigenvalue weighted by atomic mass is 10.1. The minimum atomic E-state index is 0.123. The highest BCUT2D eigenvalue weighted by atomic mass is 79.9. The molecule has 19 heavy (non-hydrogen) atoms. The van der Waals surface area contributed by atoms with Crippen molar-refractivity contribution in [3.8, 4) is 0 Å². The minimum Gasteiger partial charge on any atom is -0.338 e. The number of benzene rings is 1. The second-order valence-corrected chi connectivity index (χ2v) is 6.73. The van der Waals surface area contributed by atoms with Gasteiger partial charge in [-0.3, -0.25) is 4.79 Å². The Hall–Kier alpha value is -0.830. The summed E-state index contributed by atoms with van der Waals surface area (Å²) >= 11 is 3.53. The van der Waals surface area contributed by atoms with E-state index in [0.717, 1.165) is 28.7 Å². The number of carbonyl (C=O) groups excluding carboxylic acids is 1. The summed E-state index contributed by atoms with van der Waals surface area (Å²) in [4.78, 5) is 14.7. The van der Waals surface area contributed by atoms with Crippen LogP contribution in [-0.2, 0) is 0 Å².